The van der Waals surface area contributed by atoms with E-state index in [1.54, 1.807) is 33.9 Å². The first-order chi connectivity index (χ1) is 12.7. The lowest BCUT2D eigenvalue weighted by atomic mass is 10.2. The van der Waals surface area contributed by atoms with E-state index in [2.05, 4.69) is 25.3 Å². The topological polar surface area (TPSA) is 143 Å². The molecule has 1 amide bonds. The van der Waals surface area contributed by atoms with E-state index in [1.807, 2.05) is 0 Å². The molecule has 2 aromatic rings. The van der Waals surface area contributed by atoms with Crippen LogP contribution in [0.1, 0.15) is 20.8 Å². The van der Waals surface area contributed by atoms with E-state index in [9.17, 15) is 4.79 Å². The summed E-state index contributed by atoms with van der Waals surface area (Å²) >= 11 is 0. The largest absolute Gasteiger partial charge is 0.443 e. The zero-order valence-electron chi connectivity index (χ0n) is 15.6. The normalized spacial score (nSPS) is 11.6. The Hall–Kier alpha value is -3.56. The second-order valence-electron chi connectivity index (χ2n) is 6.39. The highest BCUT2D eigenvalue weighted by molar-refractivity contribution is 5.98. The summed E-state index contributed by atoms with van der Waals surface area (Å²) in [6, 6.07) is 1.65. The summed E-state index contributed by atoms with van der Waals surface area (Å²) in [7, 11) is 1.65. The fourth-order valence-corrected chi connectivity index (χ4v) is 2.02. The lowest BCUT2D eigenvalue weighted by Gasteiger charge is -2.26. The van der Waals surface area contributed by atoms with Gasteiger partial charge in [-0.2, -0.15) is 0 Å². The molecule has 0 saturated carbocycles. The standard InChI is InChI=1S/C17H22N8O2/c1-17(2,3)27-16(26)25(12(7-18)10-20-4)15-21-6-5-13(24-15)11-8-22-14(19)23-9-11/h5-10,18,20H,1-4H3,(H2,19,22,23)/b12-10+,18-7?. The van der Waals surface area contributed by atoms with E-state index in [4.69, 9.17) is 15.9 Å². The third kappa shape index (κ3) is 5.21. The predicted octanol–water partition coefficient (Wildman–Crippen LogP) is 1.97. The van der Waals surface area contributed by atoms with Gasteiger partial charge in [0.25, 0.3) is 0 Å². The van der Waals surface area contributed by atoms with Crippen molar-refractivity contribution in [3.05, 3.63) is 36.6 Å². The van der Waals surface area contributed by atoms with Gasteiger partial charge in [-0.3, -0.25) is 0 Å². The highest BCUT2D eigenvalue weighted by atomic mass is 16.6. The molecule has 0 radical (unpaired) electrons. The van der Waals surface area contributed by atoms with Crippen molar-refractivity contribution in [3.63, 3.8) is 0 Å². The highest BCUT2D eigenvalue weighted by Crippen LogP contribution is 2.22. The fourth-order valence-electron chi connectivity index (χ4n) is 2.02. The van der Waals surface area contributed by atoms with E-state index in [0.717, 1.165) is 11.1 Å². The van der Waals surface area contributed by atoms with E-state index < -0.39 is 11.7 Å². The van der Waals surface area contributed by atoms with Gasteiger partial charge in [-0.25, -0.2) is 29.6 Å². The predicted molar refractivity (Wildman–Crippen MR) is 102 cm³/mol. The van der Waals surface area contributed by atoms with Gasteiger partial charge in [0.2, 0.25) is 11.9 Å². The van der Waals surface area contributed by atoms with Gasteiger partial charge in [-0.15, -0.1) is 0 Å². The van der Waals surface area contributed by atoms with Crippen molar-refractivity contribution in [3.8, 4) is 11.3 Å². The number of hydrogen-bond donors (Lipinski definition) is 3. The Morgan fingerprint density at radius 3 is 2.52 bits per heavy atom. The fraction of sp³-hybridized carbons (Fsp3) is 0.294. The van der Waals surface area contributed by atoms with Crippen LogP contribution in [0.15, 0.2) is 36.6 Å². The molecule has 0 fully saturated rings. The van der Waals surface area contributed by atoms with Crippen molar-refractivity contribution >= 4 is 24.2 Å². The number of nitrogens with zero attached hydrogens (tertiary/aromatic N) is 5. The van der Waals surface area contributed by atoms with Crippen LogP contribution in [0.3, 0.4) is 0 Å². The number of carbonyl (C=O) groups is 1. The number of nitrogen functional groups attached to an aromatic ring is 1. The van der Waals surface area contributed by atoms with Crippen LogP contribution >= 0.6 is 0 Å². The maximum Gasteiger partial charge on any atom is 0.422 e. The Balaban J connectivity index is 2.50. The third-order valence-corrected chi connectivity index (χ3v) is 3.08. The lowest BCUT2D eigenvalue weighted by molar-refractivity contribution is 0.0592. The first-order valence-corrected chi connectivity index (χ1v) is 8.07. The van der Waals surface area contributed by atoms with Gasteiger partial charge >= 0.3 is 6.09 Å². The van der Waals surface area contributed by atoms with Crippen molar-refractivity contribution < 1.29 is 9.53 Å². The summed E-state index contributed by atoms with van der Waals surface area (Å²) in [5.74, 6) is 0.190. The minimum atomic E-state index is -0.732. The van der Waals surface area contributed by atoms with Crippen LogP contribution in [-0.4, -0.2) is 44.9 Å². The van der Waals surface area contributed by atoms with E-state index >= 15 is 0 Å². The molecule has 2 aromatic heterocycles. The Morgan fingerprint density at radius 2 is 1.96 bits per heavy atom. The van der Waals surface area contributed by atoms with Gasteiger partial charge in [0, 0.05) is 43.6 Å². The number of ether oxygens (including phenoxy) is 1. The minimum Gasteiger partial charge on any atom is -0.443 e. The minimum absolute atomic E-state index is 0.0450. The van der Waals surface area contributed by atoms with Crippen LogP contribution in [0.2, 0.25) is 0 Å². The number of aromatic nitrogens is 4. The van der Waals surface area contributed by atoms with E-state index in [-0.39, 0.29) is 17.6 Å². The third-order valence-electron chi connectivity index (χ3n) is 3.08. The molecule has 2 heterocycles. The zero-order valence-corrected chi connectivity index (χ0v) is 15.6. The molecule has 0 aliphatic rings. The summed E-state index contributed by atoms with van der Waals surface area (Å²) in [5, 5.41) is 10.4. The molecular formula is C17H22N8O2. The summed E-state index contributed by atoms with van der Waals surface area (Å²) < 4.78 is 5.44. The van der Waals surface area contributed by atoms with Crippen LogP contribution in [0.25, 0.3) is 11.3 Å². The van der Waals surface area contributed by atoms with Gasteiger partial charge in [0.1, 0.15) is 5.60 Å². The number of anilines is 2. The van der Waals surface area contributed by atoms with Crippen molar-refractivity contribution in [2.45, 2.75) is 26.4 Å². The number of hydrogen-bond acceptors (Lipinski definition) is 9. The molecule has 10 heteroatoms. The molecule has 0 unspecified atom stereocenters. The maximum atomic E-state index is 12.7. The maximum absolute atomic E-state index is 12.7. The molecule has 4 N–H and O–H groups in total. The van der Waals surface area contributed by atoms with Crippen LogP contribution < -0.4 is 16.0 Å². The molecule has 27 heavy (non-hydrogen) atoms. The molecule has 0 aliphatic carbocycles. The number of rotatable bonds is 5. The zero-order chi connectivity index (χ0) is 20.0. The number of nitrogens with two attached hydrogens (primary N) is 1. The average molecular weight is 370 g/mol. The van der Waals surface area contributed by atoms with Crippen LogP contribution in [0.4, 0.5) is 16.7 Å². The monoisotopic (exact) mass is 370 g/mol. The summed E-state index contributed by atoms with van der Waals surface area (Å²) in [4.78, 5) is 30.3. The average Bonchev–Trinajstić information content (AvgIpc) is 2.60. The Kier molecular flexibility index (Phi) is 6.01. The van der Waals surface area contributed by atoms with E-state index in [0.29, 0.717) is 11.3 Å². The Bertz CT molecular complexity index is 843. The molecule has 142 valence electrons. The second-order valence-corrected chi connectivity index (χ2v) is 6.39. The van der Waals surface area contributed by atoms with Crippen LogP contribution in [0, 0.1) is 5.41 Å². The van der Waals surface area contributed by atoms with Crippen LogP contribution in [-0.2, 0) is 4.74 Å². The molecular weight excluding hydrogens is 348 g/mol. The Morgan fingerprint density at radius 1 is 1.30 bits per heavy atom. The van der Waals surface area contributed by atoms with Gasteiger partial charge in [0.15, 0.2) is 0 Å². The van der Waals surface area contributed by atoms with Crippen LogP contribution in [0.5, 0.6) is 0 Å². The highest BCUT2D eigenvalue weighted by Gasteiger charge is 2.28. The smallest absolute Gasteiger partial charge is 0.422 e. The lowest BCUT2D eigenvalue weighted by Crippen LogP contribution is -2.38. The Labute approximate surface area is 157 Å². The van der Waals surface area contributed by atoms with Crippen molar-refractivity contribution in [1.29, 1.82) is 5.41 Å². The molecule has 0 saturated heterocycles. The molecule has 0 atom stereocenters. The van der Waals surface area contributed by atoms with E-state index in [1.165, 1.54) is 24.8 Å². The van der Waals surface area contributed by atoms with Gasteiger partial charge in [-0.1, -0.05) is 0 Å². The number of nitrogens with one attached hydrogen (secondary N) is 2. The summed E-state index contributed by atoms with van der Waals surface area (Å²) in [5.41, 5.74) is 6.07. The molecule has 0 aromatic carbocycles. The molecule has 0 aliphatic heterocycles. The molecule has 0 bridgehead atoms. The quantitative estimate of drug-likeness (QED) is 0.678. The van der Waals surface area contributed by atoms with Gasteiger partial charge in [-0.05, 0) is 26.8 Å². The molecule has 0 spiro atoms. The molecule has 2 rings (SSSR count). The number of allylic oxidation sites excluding steroid dienone is 1. The van der Waals surface area contributed by atoms with Gasteiger partial charge < -0.3 is 21.2 Å². The second kappa shape index (κ2) is 8.21. The SMILES string of the molecule is CN/C=C(\C=N)N(C(=O)OC(C)(C)C)c1nccc(-c2cnc(N)nc2)n1. The molecule has 10 nitrogen and oxygen atoms in total. The summed E-state index contributed by atoms with van der Waals surface area (Å²) in [6.07, 6.45) is 6.30. The first-order valence-electron chi connectivity index (χ1n) is 8.07. The van der Waals surface area contributed by atoms with Crippen molar-refractivity contribution in [2.75, 3.05) is 17.7 Å². The number of amides is 1. The van der Waals surface area contributed by atoms with Crippen molar-refractivity contribution in [2.24, 2.45) is 0 Å². The number of carbonyl (C=O) groups excluding carboxylic acids is 1. The first kappa shape index (κ1) is 19.8. The van der Waals surface area contributed by atoms with Crippen molar-refractivity contribution in [1.82, 2.24) is 25.3 Å². The van der Waals surface area contributed by atoms with Gasteiger partial charge in [0.05, 0.1) is 11.4 Å². The summed E-state index contributed by atoms with van der Waals surface area (Å²) in [6.45, 7) is 5.24.